The molecule has 1 aliphatic heterocycles. The van der Waals surface area contributed by atoms with Crippen LogP contribution in [-0.4, -0.2) is 17.5 Å². The number of fused-ring (bicyclic) bond motifs is 1. The highest BCUT2D eigenvalue weighted by atomic mass is 15.2. The molecular formula is C14H20N2. The molecule has 1 aromatic carbocycles. The van der Waals surface area contributed by atoms with Crippen LogP contribution in [0.25, 0.3) is 0 Å². The van der Waals surface area contributed by atoms with Crippen molar-refractivity contribution in [1.82, 2.24) is 4.90 Å². The van der Waals surface area contributed by atoms with Crippen molar-refractivity contribution in [2.75, 3.05) is 6.54 Å². The summed E-state index contributed by atoms with van der Waals surface area (Å²) >= 11 is 0. The highest BCUT2D eigenvalue weighted by molar-refractivity contribution is 5.22. The first-order valence-corrected chi connectivity index (χ1v) is 6.39. The van der Waals surface area contributed by atoms with Gasteiger partial charge in [0, 0.05) is 19.1 Å². The number of hydrogen-bond acceptors (Lipinski definition) is 2. The maximum Gasteiger partial charge on any atom is 0.0236 e. The number of hydrogen-bond donors (Lipinski definition) is 1. The largest absolute Gasteiger partial charge is 0.326 e. The Hall–Kier alpha value is -0.860. The van der Waals surface area contributed by atoms with Crippen molar-refractivity contribution < 1.29 is 0 Å². The van der Waals surface area contributed by atoms with Crippen LogP contribution in [-0.2, 0) is 13.1 Å². The van der Waals surface area contributed by atoms with Crippen LogP contribution in [0.1, 0.15) is 30.4 Å². The Morgan fingerprint density at radius 2 is 1.94 bits per heavy atom. The van der Waals surface area contributed by atoms with Gasteiger partial charge in [0.15, 0.2) is 0 Å². The Morgan fingerprint density at radius 3 is 2.69 bits per heavy atom. The Labute approximate surface area is 97.4 Å². The summed E-state index contributed by atoms with van der Waals surface area (Å²) in [6, 6.07) is 9.68. The number of piperidine rings is 1. The Morgan fingerprint density at radius 1 is 1.19 bits per heavy atom. The lowest BCUT2D eigenvalue weighted by Crippen LogP contribution is -2.31. The smallest absolute Gasteiger partial charge is 0.0236 e. The number of benzene rings is 1. The third-order valence-corrected chi connectivity index (χ3v) is 4.02. The first-order valence-electron chi connectivity index (χ1n) is 6.39. The first kappa shape index (κ1) is 10.3. The van der Waals surface area contributed by atoms with Crippen molar-refractivity contribution in [2.45, 2.75) is 38.4 Å². The maximum atomic E-state index is 5.60. The minimum Gasteiger partial charge on any atom is -0.326 e. The number of nitrogens with zero attached hydrogens (tertiary/aromatic N) is 1. The molecule has 1 aliphatic carbocycles. The van der Waals surface area contributed by atoms with Gasteiger partial charge in [-0.1, -0.05) is 24.3 Å². The summed E-state index contributed by atoms with van der Waals surface area (Å²) in [7, 11) is 0. The molecule has 0 aromatic heterocycles. The molecule has 0 spiro atoms. The molecule has 2 nitrogen and oxygen atoms in total. The molecule has 86 valence electrons. The van der Waals surface area contributed by atoms with Crippen LogP contribution < -0.4 is 5.73 Å². The highest BCUT2D eigenvalue weighted by Gasteiger charge is 2.43. The van der Waals surface area contributed by atoms with Crippen molar-refractivity contribution in [1.29, 1.82) is 0 Å². The minimum absolute atomic E-state index is 0.648. The van der Waals surface area contributed by atoms with Crippen molar-refractivity contribution in [3.05, 3.63) is 35.4 Å². The summed E-state index contributed by atoms with van der Waals surface area (Å²) in [4.78, 5) is 2.66. The molecule has 16 heavy (non-hydrogen) atoms. The van der Waals surface area contributed by atoms with E-state index >= 15 is 0 Å². The molecule has 1 aromatic rings. The van der Waals surface area contributed by atoms with Crippen LogP contribution in [0.2, 0.25) is 0 Å². The predicted octanol–water partition coefficient (Wildman–Crippen LogP) is 2.13. The summed E-state index contributed by atoms with van der Waals surface area (Å²) in [5.41, 5.74) is 8.27. The van der Waals surface area contributed by atoms with Crippen LogP contribution in [0.3, 0.4) is 0 Å². The Kier molecular flexibility index (Phi) is 2.70. The van der Waals surface area contributed by atoms with Gasteiger partial charge in [-0.25, -0.2) is 0 Å². The number of likely N-dealkylation sites (tertiary alicyclic amines) is 1. The van der Waals surface area contributed by atoms with Gasteiger partial charge in [-0.05, 0) is 42.9 Å². The minimum atomic E-state index is 0.648. The third-order valence-electron chi connectivity index (χ3n) is 4.02. The van der Waals surface area contributed by atoms with E-state index in [-0.39, 0.29) is 0 Å². The standard InChI is InChI=1S/C14H20N2/c15-9-11-3-5-12(6-4-11)10-16-7-1-2-13-8-14(13)16/h3-6,13-14H,1-2,7-10,15H2. The van der Waals surface area contributed by atoms with Crippen LogP contribution in [0, 0.1) is 5.92 Å². The van der Waals surface area contributed by atoms with Gasteiger partial charge < -0.3 is 5.73 Å². The van der Waals surface area contributed by atoms with Crippen LogP contribution in [0.4, 0.5) is 0 Å². The van der Waals surface area contributed by atoms with Gasteiger partial charge in [0.2, 0.25) is 0 Å². The van der Waals surface area contributed by atoms with Crippen molar-refractivity contribution in [3.63, 3.8) is 0 Å². The molecular weight excluding hydrogens is 196 g/mol. The average Bonchev–Trinajstić information content (AvgIpc) is 3.10. The molecule has 0 radical (unpaired) electrons. The fourth-order valence-electron chi connectivity index (χ4n) is 2.92. The second-order valence-electron chi connectivity index (χ2n) is 5.20. The first-order chi connectivity index (χ1) is 7.86. The lowest BCUT2D eigenvalue weighted by molar-refractivity contribution is 0.207. The van der Waals surface area contributed by atoms with E-state index in [1.54, 1.807) is 0 Å². The lowest BCUT2D eigenvalue weighted by atomic mass is 10.1. The van der Waals surface area contributed by atoms with E-state index in [9.17, 15) is 0 Å². The summed E-state index contributed by atoms with van der Waals surface area (Å²) in [6.07, 6.45) is 4.30. The molecule has 2 fully saturated rings. The average molecular weight is 216 g/mol. The Bertz CT molecular complexity index is 358. The normalized spacial score (nSPS) is 28.8. The summed E-state index contributed by atoms with van der Waals surface area (Å²) < 4.78 is 0. The number of rotatable bonds is 3. The van der Waals surface area contributed by atoms with Crippen molar-refractivity contribution in [2.24, 2.45) is 11.7 Å². The zero-order valence-electron chi connectivity index (χ0n) is 9.73. The van der Waals surface area contributed by atoms with Crippen LogP contribution in [0.15, 0.2) is 24.3 Å². The van der Waals surface area contributed by atoms with Gasteiger partial charge in [0.05, 0.1) is 0 Å². The van der Waals surface area contributed by atoms with Crippen LogP contribution in [0.5, 0.6) is 0 Å². The van der Waals surface area contributed by atoms with Gasteiger partial charge in [-0.2, -0.15) is 0 Å². The van der Waals surface area contributed by atoms with E-state index in [0.717, 1.165) is 18.5 Å². The van der Waals surface area contributed by atoms with E-state index in [0.29, 0.717) is 6.54 Å². The molecule has 2 aliphatic rings. The van der Waals surface area contributed by atoms with Gasteiger partial charge in [-0.3, -0.25) is 4.90 Å². The van der Waals surface area contributed by atoms with Crippen molar-refractivity contribution in [3.8, 4) is 0 Å². The molecule has 2 unspecified atom stereocenters. The Balaban J connectivity index is 1.64. The second kappa shape index (κ2) is 4.19. The highest BCUT2D eigenvalue weighted by Crippen LogP contribution is 2.43. The topological polar surface area (TPSA) is 29.3 Å². The molecule has 1 heterocycles. The lowest BCUT2D eigenvalue weighted by Gasteiger charge is -2.26. The van der Waals surface area contributed by atoms with Gasteiger partial charge in [0.1, 0.15) is 0 Å². The monoisotopic (exact) mass is 216 g/mol. The van der Waals surface area contributed by atoms with E-state index in [1.807, 2.05) is 0 Å². The zero-order valence-corrected chi connectivity index (χ0v) is 9.73. The molecule has 2 N–H and O–H groups in total. The van der Waals surface area contributed by atoms with Crippen LogP contribution >= 0.6 is 0 Å². The molecule has 0 bridgehead atoms. The summed E-state index contributed by atoms with van der Waals surface area (Å²) in [5, 5.41) is 0. The molecule has 1 saturated heterocycles. The fraction of sp³-hybridized carbons (Fsp3) is 0.571. The molecule has 1 saturated carbocycles. The predicted molar refractivity (Wildman–Crippen MR) is 65.9 cm³/mol. The quantitative estimate of drug-likeness (QED) is 0.838. The molecule has 0 amide bonds. The van der Waals surface area contributed by atoms with E-state index in [4.69, 9.17) is 5.73 Å². The van der Waals surface area contributed by atoms with Gasteiger partial charge in [-0.15, -0.1) is 0 Å². The molecule has 3 rings (SSSR count). The summed E-state index contributed by atoms with van der Waals surface area (Å²) in [5.74, 6) is 1.03. The molecule has 2 atom stereocenters. The second-order valence-corrected chi connectivity index (χ2v) is 5.20. The zero-order chi connectivity index (χ0) is 11.0. The van der Waals surface area contributed by atoms with Crippen molar-refractivity contribution >= 4 is 0 Å². The fourth-order valence-corrected chi connectivity index (χ4v) is 2.92. The summed E-state index contributed by atoms with van der Waals surface area (Å²) in [6.45, 7) is 3.07. The SMILES string of the molecule is NCc1ccc(CN2CCCC3CC32)cc1. The van der Waals surface area contributed by atoms with Gasteiger partial charge >= 0.3 is 0 Å². The third kappa shape index (κ3) is 2.00. The maximum absolute atomic E-state index is 5.60. The van der Waals surface area contributed by atoms with Gasteiger partial charge in [0.25, 0.3) is 0 Å². The van der Waals surface area contributed by atoms with E-state index < -0.39 is 0 Å². The van der Waals surface area contributed by atoms with E-state index in [2.05, 4.69) is 29.2 Å². The molecule has 2 heteroatoms. The number of nitrogens with two attached hydrogens (primary N) is 1. The van der Waals surface area contributed by atoms with E-state index in [1.165, 1.54) is 36.9 Å².